The predicted molar refractivity (Wildman–Crippen MR) is 80.0 cm³/mol. The van der Waals surface area contributed by atoms with Gasteiger partial charge in [-0.2, -0.15) is 0 Å². The molecule has 2 aromatic rings. The summed E-state index contributed by atoms with van der Waals surface area (Å²) < 4.78 is 15.8. The molecule has 0 saturated heterocycles. The highest BCUT2D eigenvalue weighted by Gasteiger charge is 2.11. The Balaban J connectivity index is 2.43. The molecule has 20 heavy (non-hydrogen) atoms. The van der Waals surface area contributed by atoms with Gasteiger partial charge in [0.15, 0.2) is 0 Å². The first-order valence-electron chi connectivity index (χ1n) is 5.70. The van der Waals surface area contributed by atoms with Crippen LogP contribution in [0, 0.1) is 16.3 Å². The maximum absolute atomic E-state index is 13.9. The van der Waals surface area contributed by atoms with Crippen LogP contribution in [0.3, 0.4) is 0 Å². The number of rotatable bonds is 3. The van der Waals surface area contributed by atoms with Gasteiger partial charge in [0, 0.05) is 17.3 Å². The number of aromatic nitrogens is 2. The van der Waals surface area contributed by atoms with E-state index >= 15 is 0 Å². The van der Waals surface area contributed by atoms with E-state index in [1.165, 1.54) is 22.9 Å². The fraction of sp³-hybridized carbons (Fsp3) is 0.154. The molecule has 1 aromatic heterocycles. The molecule has 2 N–H and O–H groups in total. The van der Waals surface area contributed by atoms with Crippen LogP contribution in [0.5, 0.6) is 0 Å². The summed E-state index contributed by atoms with van der Waals surface area (Å²) in [5, 5.41) is 0. The Morgan fingerprint density at radius 2 is 2.20 bits per heavy atom. The van der Waals surface area contributed by atoms with Crippen LogP contribution in [0.25, 0.3) is 0 Å². The minimum atomic E-state index is -0.695. The molecule has 0 aliphatic heterocycles. The van der Waals surface area contributed by atoms with Crippen LogP contribution in [-0.4, -0.2) is 15.5 Å². The van der Waals surface area contributed by atoms with Crippen molar-refractivity contribution in [2.24, 2.45) is 5.73 Å². The van der Waals surface area contributed by atoms with Crippen LogP contribution >= 0.6 is 22.6 Å². The van der Waals surface area contributed by atoms with E-state index in [1.807, 2.05) is 22.6 Å². The van der Waals surface area contributed by atoms with Crippen molar-refractivity contribution in [2.75, 3.05) is 0 Å². The largest absolute Gasteiger partial charge is 0.366 e. The Kier molecular flexibility index (Phi) is 4.17. The summed E-state index contributed by atoms with van der Waals surface area (Å²) in [4.78, 5) is 27.0. The van der Waals surface area contributed by atoms with Gasteiger partial charge in [0.2, 0.25) is 5.91 Å². The number of primary amides is 1. The van der Waals surface area contributed by atoms with Gasteiger partial charge in [-0.3, -0.25) is 14.2 Å². The first kappa shape index (κ1) is 14.6. The van der Waals surface area contributed by atoms with E-state index in [0.29, 0.717) is 15.0 Å². The van der Waals surface area contributed by atoms with Gasteiger partial charge >= 0.3 is 0 Å². The molecule has 0 saturated carbocycles. The van der Waals surface area contributed by atoms with Crippen molar-refractivity contribution >= 4 is 28.5 Å². The highest BCUT2D eigenvalue weighted by atomic mass is 127. The molecule has 0 aliphatic rings. The van der Waals surface area contributed by atoms with Gasteiger partial charge in [0.05, 0.1) is 10.1 Å². The Morgan fingerprint density at radius 1 is 1.50 bits per heavy atom. The monoisotopic (exact) mass is 387 g/mol. The van der Waals surface area contributed by atoms with Crippen molar-refractivity contribution in [1.29, 1.82) is 0 Å². The molecule has 1 amide bonds. The third-order valence-electron chi connectivity index (χ3n) is 2.87. The molecule has 0 aliphatic carbocycles. The average Bonchev–Trinajstić information content (AvgIpc) is 2.40. The summed E-state index contributed by atoms with van der Waals surface area (Å²) in [6.45, 7) is 1.73. The van der Waals surface area contributed by atoms with Crippen LogP contribution in [0.2, 0.25) is 0 Å². The minimum absolute atomic E-state index is 0.0549. The molecule has 104 valence electrons. The van der Waals surface area contributed by atoms with Gasteiger partial charge in [-0.1, -0.05) is 6.07 Å². The Labute approximate surface area is 127 Å². The van der Waals surface area contributed by atoms with Gasteiger partial charge in [-0.05, 0) is 41.6 Å². The first-order chi connectivity index (χ1) is 9.40. The topological polar surface area (TPSA) is 78.0 Å². The molecule has 5 nitrogen and oxygen atoms in total. The average molecular weight is 387 g/mol. The normalized spacial score (nSPS) is 10.6. The number of nitrogens with two attached hydrogens (primary N) is 1. The van der Waals surface area contributed by atoms with Gasteiger partial charge in [-0.15, -0.1) is 0 Å². The fourth-order valence-corrected chi connectivity index (χ4v) is 2.17. The third-order valence-corrected chi connectivity index (χ3v) is 3.61. The molecule has 0 unspecified atom stereocenters. The van der Waals surface area contributed by atoms with E-state index in [1.54, 1.807) is 6.92 Å². The molecular formula is C13H11FIN3O2. The number of benzene rings is 1. The van der Waals surface area contributed by atoms with Gasteiger partial charge in [0.1, 0.15) is 11.6 Å². The van der Waals surface area contributed by atoms with Gasteiger partial charge < -0.3 is 5.73 Å². The van der Waals surface area contributed by atoms with Crippen LogP contribution in [0.1, 0.15) is 21.7 Å². The van der Waals surface area contributed by atoms with E-state index in [2.05, 4.69) is 4.98 Å². The smallest absolute Gasteiger partial charge is 0.267 e. The lowest BCUT2D eigenvalue weighted by atomic mass is 10.1. The summed E-state index contributed by atoms with van der Waals surface area (Å²) in [7, 11) is 0. The summed E-state index contributed by atoms with van der Waals surface area (Å²) in [6, 6.07) is 3.95. The minimum Gasteiger partial charge on any atom is -0.366 e. The van der Waals surface area contributed by atoms with Crippen LogP contribution in [0.4, 0.5) is 4.39 Å². The predicted octanol–water partition coefficient (Wildman–Crippen LogP) is 1.44. The maximum Gasteiger partial charge on any atom is 0.267 e. The highest BCUT2D eigenvalue weighted by molar-refractivity contribution is 14.1. The lowest BCUT2D eigenvalue weighted by molar-refractivity contribution is 0.1000. The Hall–Kier alpha value is -1.77. The zero-order valence-corrected chi connectivity index (χ0v) is 12.7. The highest BCUT2D eigenvalue weighted by Crippen LogP contribution is 2.12. The van der Waals surface area contributed by atoms with E-state index in [4.69, 9.17) is 5.73 Å². The standard InChI is InChI=1S/C13H11FIN3O2/c1-7-17-5-11(15)13(20)18(7)6-9-3-2-8(12(16)19)4-10(9)14/h2-5H,6H2,1H3,(H2,16,19). The van der Waals surface area contributed by atoms with Crippen LogP contribution < -0.4 is 11.3 Å². The number of hydrogen-bond acceptors (Lipinski definition) is 3. The molecular weight excluding hydrogens is 376 g/mol. The van der Waals surface area contributed by atoms with Gasteiger partial charge in [0.25, 0.3) is 5.56 Å². The van der Waals surface area contributed by atoms with E-state index in [-0.39, 0.29) is 17.7 Å². The molecule has 1 heterocycles. The second kappa shape index (κ2) is 5.70. The fourth-order valence-electron chi connectivity index (χ4n) is 1.74. The Bertz CT molecular complexity index is 743. The number of hydrogen-bond donors (Lipinski definition) is 1. The lowest BCUT2D eigenvalue weighted by Crippen LogP contribution is -2.26. The number of carbonyl (C=O) groups is 1. The second-order valence-electron chi connectivity index (χ2n) is 4.22. The van der Waals surface area contributed by atoms with Crippen molar-refractivity contribution in [3.05, 3.63) is 61.1 Å². The molecule has 0 fully saturated rings. The molecule has 0 atom stereocenters. The summed E-state index contributed by atoms with van der Waals surface area (Å²) in [5.74, 6) is -0.778. The van der Waals surface area contributed by atoms with Crippen molar-refractivity contribution < 1.29 is 9.18 Å². The number of aryl methyl sites for hydroxylation is 1. The van der Waals surface area contributed by atoms with E-state index in [0.717, 1.165) is 6.07 Å². The first-order valence-corrected chi connectivity index (χ1v) is 6.78. The van der Waals surface area contributed by atoms with Crippen molar-refractivity contribution in [2.45, 2.75) is 13.5 Å². The summed E-state index contributed by atoms with van der Waals surface area (Å²) in [6.07, 6.45) is 1.47. The maximum atomic E-state index is 13.9. The van der Waals surface area contributed by atoms with E-state index in [9.17, 15) is 14.0 Å². The molecule has 0 radical (unpaired) electrons. The zero-order chi connectivity index (χ0) is 14.9. The number of amides is 1. The number of nitrogens with zero attached hydrogens (tertiary/aromatic N) is 2. The molecule has 0 spiro atoms. The van der Waals surface area contributed by atoms with E-state index < -0.39 is 11.7 Å². The number of halogens is 2. The van der Waals surface area contributed by atoms with Gasteiger partial charge in [-0.25, -0.2) is 9.37 Å². The zero-order valence-electron chi connectivity index (χ0n) is 10.6. The molecule has 2 rings (SSSR count). The lowest BCUT2D eigenvalue weighted by Gasteiger charge is -2.10. The van der Waals surface area contributed by atoms with Crippen molar-refractivity contribution in [3.63, 3.8) is 0 Å². The quantitative estimate of drug-likeness (QED) is 0.810. The van der Waals surface area contributed by atoms with Crippen LogP contribution in [-0.2, 0) is 6.54 Å². The molecule has 1 aromatic carbocycles. The molecule has 0 bridgehead atoms. The van der Waals surface area contributed by atoms with Crippen LogP contribution in [0.15, 0.2) is 29.2 Å². The SMILES string of the molecule is Cc1ncc(I)c(=O)n1Cc1ccc(C(N)=O)cc1F. The molecule has 7 heteroatoms. The second-order valence-corrected chi connectivity index (χ2v) is 5.38. The summed E-state index contributed by atoms with van der Waals surface area (Å²) >= 11 is 1.88. The third kappa shape index (κ3) is 2.87. The van der Waals surface area contributed by atoms with Crippen molar-refractivity contribution in [1.82, 2.24) is 9.55 Å². The number of carbonyl (C=O) groups excluding carboxylic acids is 1. The Morgan fingerprint density at radius 3 is 2.80 bits per heavy atom. The summed E-state index contributed by atoms with van der Waals surface area (Å²) in [5.41, 5.74) is 5.25. The van der Waals surface area contributed by atoms with Crippen molar-refractivity contribution in [3.8, 4) is 0 Å².